The van der Waals surface area contributed by atoms with Gasteiger partial charge in [-0.1, -0.05) is 0 Å². The number of hydrogen-bond acceptors (Lipinski definition) is 5. The van der Waals surface area contributed by atoms with Gasteiger partial charge < -0.3 is 4.74 Å². The highest BCUT2D eigenvalue weighted by Gasteiger charge is 2.10. The predicted molar refractivity (Wildman–Crippen MR) is 90.4 cm³/mol. The van der Waals surface area contributed by atoms with Crippen LogP contribution in [-0.4, -0.2) is 26.9 Å². The molecule has 2 aromatic carbocycles. The summed E-state index contributed by atoms with van der Waals surface area (Å²) in [5, 5.41) is 14.0. The Labute approximate surface area is 142 Å². The van der Waals surface area contributed by atoms with Crippen LogP contribution in [-0.2, 0) is 6.54 Å². The topological polar surface area (TPSA) is 76.6 Å². The van der Waals surface area contributed by atoms with E-state index in [2.05, 4.69) is 21.1 Å². The van der Waals surface area contributed by atoms with Gasteiger partial charge in [0, 0.05) is 10.9 Å². The van der Waals surface area contributed by atoms with E-state index in [1.807, 2.05) is 12.1 Å². The van der Waals surface area contributed by atoms with Gasteiger partial charge in [-0.05, 0) is 30.3 Å². The van der Waals surface area contributed by atoms with Crippen molar-refractivity contribution >= 4 is 21.9 Å². The molecule has 7 heteroatoms. The predicted octanol–water partition coefficient (Wildman–Crippen LogP) is 3.32. The van der Waals surface area contributed by atoms with E-state index in [9.17, 15) is 4.39 Å². The van der Waals surface area contributed by atoms with Crippen LogP contribution in [0.25, 0.3) is 33.2 Å². The number of halogens is 1. The molecule has 0 unspecified atom stereocenters. The summed E-state index contributed by atoms with van der Waals surface area (Å²) < 4.78 is 20.5. The largest absolute Gasteiger partial charge is 0.494 e. The van der Waals surface area contributed by atoms with E-state index in [1.54, 1.807) is 29.2 Å². The highest BCUT2D eigenvalue weighted by atomic mass is 19.1. The van der Waals surface area contributed by atoms with E-state index in [0.717, 1.165) is 10.9 Å². The Morgan fingerprint density at radius 2 is 2.08 bits per heavy atom. The van der Waals surface area contributed by atoms with Gasteiger partial charge in [-0.25, -0.2) is 9.37 Å². The molecule has 0 spiro atoms. The van der Waals surface area contributed by atoms with Gasteiger partial charge in [-0.3, -0.25) is 9.67 Å². The van der Waals surface area contributed by atoms with E-state index in [-0.39, 0.29) is 12.3 Å². The maximum absolute atomic E-state index is 13.9. The quantitative estimate of drug-likeness (QED) is 0.575. The number of methoxy groups -OCH3 is 1. The summed E-state index contributed by atoms with van der Waals surface area (Å²) in [6.07, 6.45) is 3.30. The van der Waals surface area contributed by atoms with E-state index in [1.165, 1.54) is 13.2 Å². The maximum atomic E-state index is 13.9. The van der Waals surface area contributed by atoms with E-state index in [4.69, 9.17) is 10.00 Å². The van der Waals surface area contributed by atoms with Crippen LogP contribution in [0.1, 0.15) is 0 Å². The Bertz CT molecular complexity index is 1150. The SMILES string of the molecule is COc1ccc(-c2cnc3cc4cnn(CC#N)c4cc3n2)cc1F. The minimum absolute atomic E-state index is 0.159. The van der Waals surface area contributed by atoms with Gasteiger partial charge in [0.05, 0.1) is 47.8 Å². The lowest BCUT2D eigenvalue weighted by atomic mass is 10.1. The third kappa shape index (κ3) is 2.54. The second kappa shape index (κ2) is 5.83. The molecule has 0 fully saturated rings. The van der Waals surface area contributed by atoms with Crippen molar-refractivity contribution < 1.29 is 9.13 Å². The molecule has 0 radical (unpaired) electrons. The molecule has 0 bridgehead atoms. The molecule has 6 nitrogen and oxygen atoms in total. The summed E-state index contributed by atoms with van der Waals surface area (Å²) in [4.78, 5) is 9.00. The first-order valence-corrected chi connectivity index (χ1v) is 7.53. The smallest absolute Gasteiger partial charge is 0.165 e. The average Bonchev–Trinajstić information content (AvgIpc) is 3.01. The van der Waals surface area contributed by atoms with Gasteiger partial charge in [0.2, 0.25) is 0 Å². The van der Waals surface area contributed by atoms with Crippen molar-refractivity contribution in [3.05, 3.63) is 48.5 Å². The Hall–Kier alpha value is -3.53. The monoisotopic (exact) mass is 333 g/mol. The third-order valence-corrected chi connectivity index (χ3v) is 3.97. The van der Waals surface area contributed by atoms with Crippen molar-refractivity contribution in [3.63, 3.8) is 0 Å². The molecule has 0 amide bonds. The number of nitriles is 1. The van der Waals surface area contributed by atoms with Crippen molar-refractivity contribution in [2.24, 2.45) is 0 Å². The summed E-state index contributed by atoms with van der Waals surface area (Å²) in [5.74, 6) is -0.274. The molecule has 2 heterocycles. The molecule has 25 heavy (non-hydrogen) atoms. The highest BCUT2D eigenvalue weighted by molar-refractivity contribution is 5.93. The van der Waals surface area contributed by atoms with Crippen LogP contribution >= 0.6 is 0 Å². The van der Waals surface area contributed by atoms with E-state index >= 15 is 0 Å². The molecular formula is C18H12FN5O. The molecule has 122 valence electrons. The number of fused-ring (bicyclic) bond motifs is 2. The van der Waals surface area contributed by atoms with Gasteiger partial charge in [-0.15, -0.1) is 0 Å². The van der Waals surface area contributed by atoms with Crippen molar-refractivity contribution in [1.82, 2.24) is 19.7 Å². The summed E-state index contributed by atoms with van der Waals surface area (Å²) in [5.41, 5.74) is 3.34. The normalized spacial score (nSPS) is 10.9. The Kier molecular flexibility index (Phi) is 3.51. The van der Waals surface area contributed by atoms with Gasteiger partial charge in [0.25, 0.3) is 0 Å². The van der Waals surface area contributed by atoms with E-state index < -0.39 is 5.82 Å². The van der Waals surface area contributed by atoms with Crippen LogP contribution in [0.2, 0.25) is 0 Å². The standard InChI is InChI=1S/C18H12FN5O/c1-25-18-3-2-11(6-13(18)19)16-10-21-14-7-12-9-22-24(5-4-20)17(12)8-15(14)23-16/h2-3,6-10H,5H2,1H3. The molecule has 0 aliphatic carbocycles. The summed E-state index contributed by atoms with van der Waals surface area (Å²) in [7, 11) is 1.42. The van der Waals surface area contributed by atoms with Crippen LogP contribution in [0.3, 0.4) is 0 Å². The molecule has 4 rings (SSSR count). The average molecular weight is 333 g/mol. The molecule has 4 aromatic rings. The number of rotatable bonds is 3. The fraction of sp³-hybridized carbons (Fsp3) is 0.111. The molecule has 0 N–H and O–H groups in total. The lowest BCUT2D eigenvalue weighted by molar-refractivity contribution is 0.386. The van der Waals surface area contributed by atoms with Gasteiger partial charge in [0.15, 0.2) is 11.6 Å². The molecule has 0 aliphatic rings. The molecule has 0 atom stereocenters. The van der Waals surface area contributed by atoms with Crippen LogP contribution in [0.15, 0.2) is 42.7 Å². The fourth-order valence-corrected chi connectivity index (χ4v) is 2.74. The van der Waals surface area contributed by atoms with Crippen LogP contribution in [0.4, 0.5) is 4.39 Å². The fourth-order valence-electron chi connectivity index (χ4n) is 2.74. The first-order valence-electron chi connectivity index (χ1n) is 7.53. The maximum Gasteiger partial charge on any atom is 0.165 e. The number of ether oxygens (including phenoxy) is 1. The van der Waals surface area contributed by atoms with Crippen molar-refractivity contribution in [2.45, 2.75) is 6.54 Å². The van der Waals surface area contributed by atoms with Crippen molar-refractivity contribution in [3.8, 4) is 23.1 Å². The third-order valence-electron chi connectivity index (χ3n) is 3.97. The van der Waals surface area contributed by atoms with Crippen molar-refractivity contribution in [1.29, 1.82) is 5.26 Å². The van der Waals surface area contributed by atoms with Gasteiger partial charge in [-0.2, -0.15) is 10.4 Å². The van der Waals surface area contributed by atoms with E-state index in [0.29, 0.717) is 22.3 Å². The highest BCUT2D eigenvalue weighted by Crippen LogP contribution is 2.26. The second-order valence-corrected chi connectivity index (χ2v) is 5.46. The molecule has 0 saturated heterocycles. The summed E-state index contributed by atoms with van der Waals surface area (Å²) >= 11 is 0. The Balaban J connectivity index is 1.86. The minimum Gasteiger partial charge on any atom is -0.494 e. The Morgan fingerprint density at radius 3 is 2.84 bits per heavy atom. The second-order valence-electron chi connectivity index (χ2n) is 5.46. The van der Waals surface area contributed by atoms with Crippen molar-refractivity contribution in [2.75, 3.05) is 7.11 Å². The zero-order valence-electron chi connectivity index (χ0n) is 13.3. The lowest BCUT2D eigenvalue weighted by Gasteiger charge is -2.06. The van der Waals surface area contributed by atoms with Crippen LogP contribution in [0, 0.1) is 17.1 Å². The van der Waals surface area contributed by atoms with Crippen LogP contribution < -0.4 is 4.74 Å². The molecule has 2 aromatic heterocycles. The zero-order chi connectivity index (χ0) is 17.4. The first-order chi connectivity index (χ1) is 12.2. The molecule has 0 saturated carbocycles. The number of aromatic nitrogens is 4. The molecule has 0 aliphatic heterocycles. The summed E-state index contributed by atoms with van der Waals surface area (Å²) in [6.45, 7) is 0.159. The zero-order valence-corrected chi connectivity index (χ0v) is 13.3. The number of nitrogens with zero attached hydrogens (tertiary/aromatic N) is 5. The Morgan fingerprint density at radius 1 is 1.20 bits per heavy atom. The lowest BCUT2D eigenvalue weighted by Crippen LogP contribution is -1.97. The van der Waals surface area contributed by atoms with Gasteiger partial charge >= 0.3 is 0 Å². The van der Waals surface area contributed by atoms with Crippen LogP contribution in [0.5, 0.6) is 5.75 Å². The minimum atomic E-state index is -0.454. The summed E-state index contributed by atoms with van der Waals surface area (Å²) in [6, 6.07) is 10.4. The first kappa shape index (κ1) is 15.0. The molecular weight excluding hydrogens is 321 g/mol. The number of benzene rings is 2. The van der Waals surface area contributed by atoms with Gasteiger partial charge in [0.1, 0.15) is 6.54 Å². The number of hydrogen-bond donors (Lipinski definition) is 0.